The van der Waals surface area contributed by atoms with Gasteiger partial charge in [0, 0.05) is 62.9 Å². The number of thiazole rings is 1. The number of nitrogens with zero attached hydrogens (tertiary/aromatic N) is 4. The number of aromatic nitrogens is 1. The van der Waals surface area contributed by atoms with E-state index in [1.165, 1.54) is 0 Å². The second-order valence-electron chi connectivity index (χ2n) is 9.55. The zero-order valence-electron chi connectivity index (χ0n) is 21.2. The molecule has 1 unspecified atom stereocenters. The van der Waals surface area contributed by atoms with Crippen LogP contribution in [0.3, 0.4) is 0 Å². The molecule has 194 valence electrons. The van der Waals surface area contributed by atoms with Crippen LogP contribution in [0.4, 0.5) is 11.4 Å². The first-order chi connectivity index (χ1) is 17.4. The highest BCUT2D eigenvalue weighted by Crippen LogP contribution is 2.31. The molecular weight excluding hydrogens is 494 g/mol. The zero-order valence-corrected chi connectivity index (χ0v) is 22.9. The number of benzene rings is 1. The maximum Gasteiger partial charge on any atom is 0.310 e. The first-order valence-corrected chi connectivity index (χ1v) is 13.9. The monoisotopic (exact) mass is 529 g/mol. The number of carbonyl (C=O) groups excluding carboxylic acids is 2. The van der Waals surface area contributed by atoms with Crippen molar-refractivity contribution in [3.63, 3.8) is 0 Å². The van der Waals surface area contributed by atoms with Crippen LogP contribution in [-0.2, 0) is 9.53 Å². The predicted molar refractivity (Wildman–Crippen MR) is 148 cm³/mol. The quantitative estimate of drug-likeness (QED) is 0.441. The summed E-state index contributed by atoms with van der Waals surface area (Å²) in [7, 11) is 4.04. The number of rotatable bonds is 6. The fraction of sp³-hybridized carbons (Fsp3) is 0.538. The van der Waals surface area contributed by atoms with Crippen molar-refractivity contribution in [1.29, 1.82) is 0 Å². The number of esters is 1. The molecule has 2 saturated heterocycles. The number of nitrogens with one attached hydrogen (secondary N) is 1. The van der Waals surface area contributed by atoms with E-state index in [9.17, 15) is 9.59 Å². The normalized spacial score (nSPS) is 18.6. The van der Waals surface area contributed by atoms with Crippen molar-refractivity contribution in [3.8, 4) is 0 Å². The molecule has 0 spiro atoms. The van der Waals surface area contributed by atoms with Crippen molar-refractivity contribution >= 4 is 51.9 Å². The Bertz CT molecular complexity index is 1060. The highest BCUT2D eigenvalue weighted by molar-refractivity contribution is 7.80. The standard InChI is InChI=1S/C26H35N5O3S2/c1-4-34-25(33)19-6-5-13-31(16-19)24(32)22-17-36-23(28-22)18-11-14-30(15-12-18)26(35)27-20-7-9-21(10-8-20)29(2)3/h7-10,17-19H,4-6,11-16H2,1-3H3,(H,27,35). The van der Waals surface area contributed by atoms with Crippen molar-refractivity contribution in [2.75, 3.05) is 57.1 Å². The number of anilines is 2. The molecule has 2 aliphatic heterocycles. The van der Waals surface area contributed by atoms with Crippen LogP contribution in [0.25, 0.3) is 0 Å². The zero-order chi connectivity index (χ0) is 25.7. The van der Waals surface area contributed by atoms with Gasteiger partial charge in [-0.3, -0.25) is 9.59 Å². The third-order valence-corrected chi connectivity index (χ3v) is 8.20. The number of piperidine rings is 2. The lowest BCUT2D eigenvalue weighted by molar-refractivity contribution is -0.149. The fourth-order valence-electron chi connectivity index (χ4n) is 4.72. The lowest BCUT2D eigenvalue weighted by Gasteiger charge is -2.33. The molecule has 0 saturated carbocycles. The maximum absolute atomic E-state index is 13.1. The Kier molecular flexibility index (Phi) is 8.79. The van der Waals surface area contributed by atoms with E-state index < -0.39 is 0 Å². The van der Waals surface area contributed by atoms with Gasteiger partial charge in [-0.15, -0.1) is 11.3 Å². The van der Waals surface area contributed by atoms with Crippen molar-refractivity contribution in [2.24, 2.45) is 5.92 Å². The molecule has 1 aromatic carbocycles. The summed E-state index contributed by atoms with van der Waals surface area (Å²) in [6, 6.07) is 8.22. The van der Waals surface area contributed by atoms with E-state index in [1.807, 2.05) is 31.6 Å². The van der Waals surface area contributed by atoms with E-state index in [1.54, 1.807) is 23.2 Å². The lowest BCUT2D eigenvalue weighted by atomic mass is 9.97. The van der Waals surface area contributed by atoms with Crippen molar-refractivity contribution in [1.82, 2.24) is 14.8 Å². The molecule has 1 amide bonds. The van der Waals surface area contributed by atoms with Crippen LogP contribution in [0, 0.1) is 5.92 Å². The molecular formula is C26H35N5O3S2. The van der Waals surface area contributed by atoms with E-state index in [2.05, 4.69) is 27.2 Å². The molecule has 1 N–H and O–H groups in total. The average molecular weight is 530 g/mol. The van der Waals surface area contributed by atoms with Crippen LogP contribution in [-0.4, -0.2) is 78.7 Å². The van der Waals surface area contributed by atoms with Gasteiger partial charge in [-0.1, -0.05) is 0 Å². The van der Waals surface area contributed by atoms with Gasteiger partial charge >= 0.3 is 5.97 Å². The molecule has 3 heterocycles. The topological polar surface area (TPSA) is 78.0 Å². The molecule has 1 aromatic heterocycles. The Hall–Kier alpha value is -2.72. The predicted octanol–water partition coefficient (Wildman–Crippen LogP) is 4.20. The first kappa shape index (κ1) is 26.3. The molecule has 8 nitrogen and oxygen atoms in total. The highest BCUT2D eigenvalue weighted by atomic mass is 32.1. The third-order valence-electron chi connectivity index (χ3n) is 6.84. The Morgan fingerprint density at radius 2 is 1.86 bits per heavy atom. The maximum atomic E-state index is 13.1. The molecule has 2 aliphatic rings. The number of likely N-dealkylation sites (tertiary alicyclic amines) is 2. The summed E-state index contributed by atoms with van der Waals surface area (Å²) < 4.78 is 5.16. The second-order valence-corrected chi connectivity index (χ2v) is 10.8. The summed E-state index contributed by atoms with van der Waals surface area (Å²) in [5.41, 5.74) is 2.62. The smallest absolute Gasteiger partial charge is 0.310 e. The van der Waals surface area contributed by atoms with E-state index in [0.29, 0.717) is 31.3 Å². The van der Waals surface area contributed by atoms with E-state index in [-0.39, 0.29) is 17.8 Å². The third kappa shape index (κ3) is 6.34. The van der Waals surface area contributed by atoms with Crippen molar-refractivity contribution in [3.05, 3.63) is 40.3 Å². The van der Waals surface area contributed by atoms with Crippen LogP contribution >= 0.6 is 23.6 Å². The number of carbonyl (C=O) groups is 2. The number of ether oxygens (including phenoxy) is 1. The minimum atomic E-state index is -0.242. The van der Waals surface area contributed by atoms with Crippen molar-refractivity contribution in [2.45, 2.75) is 38.5 Å². The van der Waals surface area contributed by atoms with Gasteiger partial charge in [0.05, 0.1) is 17.5 Å². The Morgan fingerprint density at radius 1 is 1.14 bits per heavy atom. The molecule has 4 rings (SSSR count). The summed E-state index contributed by atoms with van der Waals surface area (Å²) in [4.78, 5) is 35.9. The van der Waals surface area contributed by atoms with Gasteiger partial charge in [-0.25, -0.2) is 4.98 Å². The van der Waals surface area contributed by atoms with Gasteiger partial charge in [0.25, 0.3) is 5.91 Å². The SMILES string of the molecule is CCOC(=O)C1CCCN(C(=O)c2csc(C3CCN(C(=S)Nc4ccc(N(C)C)cc4)CC3)n2)C1. The summed E-state index contributed by atoms with van der Waals surface area (Å²) in [6.07, 6.45) is 3.45. The summed E-state index contributed by atoms with van der Waals surface area (Å²) in [5.74, 6) is -0.217. The summed E-state index contributed by atoms with van der Waals surface area (Å²) in [5, 5.41) is 6.96. The highest BCUT2D eigenvalue weighted by Gasteiger charge is 2.31. The van der Waals surface area contributed by atoms with Crippen LogP contribution in [0.15, 0.2) is 29.6 Å². The summed E-state index contributed by atoms with van der Waals surface area (Å²) >= 11 is 7.22. The number of amides is 1. The Balaban J connectivity index is 1.28. The van der Waals surface area contributed by atoms with Crippen LogP contribution in [0.5, 0.6) is 0 Å². The van der Waals surface area contributed by atoms with Crippen LogP contribution < -0.4 is 10.2 Å². The van der Waals surface area contributed by atoms with Gasteiger partial charge in [0.15, 0.2) is 5.11 Å². The second kappa shape index (κ2) is 12.0. The Morgan fingerprint density at radius 3 is 2.53 bits per heavy atom. The fourth-order valence-corrected chi connectivity index (χ4v) is 5.99. The van der Waals surface area contributed by atoms with Gasteiger partial charge in [0.2, 0.25) is 0 Å². The molecule has 0 aliphatic carbocycles. The number of hydrogen-bond acceptors (Lipinski definition) is 7. The lowest BCUT2D eigenvalue weighted by Crippen LogP contribution is -2.43. The van der Waals surface area contributed by atoms with E-state index >= 15 is 0 Å². The van der Waals surface area contributed by atoms with Gasteiger partial charge < -0.3 is 24.8 Å². The average Bonchev–Trinajstić information content (AvgIpc) is 3.39. The van der Waals surface area contributed by atoms with Gasteiger partial charge in [-0.05, 0) is 69.1 Å². The molecule has 0 bridgehead atoms. The molecule has 0 radical (unpaired) electrons. The molecule has 10 heteroatoms. The van der Waals surface area contributed by atoms with Gasteiger partial charge in [0.1, 0.15) is 5.69 Å². The van der Waals surface area contributed by atoms with E-state index in [0.717, 1.165) is 60.3 Å². The first-order valence-electron chi connectivity index (χ1n) is 12.6. The Labute approximate surface area is 222 Å². The van der Waals surface area contributed by atoms with Crippen LogP contribution in [0.1, 0.15) is 54.0 Å². The minimum absolute atomic E-state index is 0.0883. The van der Waals surface area contributed by atoms with E-state index in [4.69, 9.17) is 21.9 Å². The number of hydrogen-bond donors (Lipinski definition) is 1. The molecule has 2 aromatic rings. The molecule has 2 fully saturated rings. The van der Waals surface area contributed by atoms with Gasteiger partial charge in [-0.2, -0.15) is 0 Å². The van der Waals surface area contributed by atoms with Crippen LogP contribution in [0.2, 0.25) is 0 Å². The molecule has 1 atom stereocenters. The molecule has 36 heavy (non-hydrogen) atoms. The number of thiocarbonyl (C=S) groups is 1. The van der Waals surface area contributed by atoms with Crippen molar-refractivity contribution < 1.29 is 14.3 Å². The largest absolute Gasteiger partial charge is 0.466 e. The minimum Gasteiger partial charge on any atom is -0.466 e. The summed E-state index contributed by atoms with van der Waals surface area (Å²) in [6.45, 7) is 4.93.